The van der Waals surface area contributed by atoms with Gasteiger partial charge in [-0.1, -0.05) is 98.3 Å². The summed E-state index contributed by atoms with van der Waals surface area (Å²) in [7, 11) is 24.4. The summed E-state index contributed by atoms with van der Waals surface area (Å²) < 4.78 is 9.21. The van der Waals surface area contributed by atoms with Crippen molar-refractivity contribution in [2.45, 2.75) is 0 Å². The molecule has 0 saturated carbocycles. The maximum atomic E-state index is 6.75. The van der Waals surface area contributed by atoms with Crippen LogP contribution < -0.4 is 60.1 Å². The van der Waals surface area contributed by atoms with E-state index in [-0.39, 0.29) is 0 Å². The van der Waals surface area contributed by atoms with E-state index in [4.69, 9.17) is 19.4 Å². The van der Waals surface area contributed by atoms with Crippen LogP contribution >= 0.6 is 0 Å². The molecule has 3 heterocycles. The van der Waals surface area contributed by atoms with Gasteiger partial charge in [-0.25, -0.2) is 15.0 Å². The summed E-state index contributed by atoms with van der Waals surface area (Å²) in [6.45, 7) is 0. The summed E-state index contributed by atoms with van der Waals surface area (Å²) >= 11 is 0. The lowest BCUT2D eigenvalue weighted by Crippen LogP contribution is -2.55. The van der Waals surface area contributed by atoms with Crippen LogP contribution in [0.25, 0.3) is 83.6 Å². The molecule has 0 spiro atoms. The Morgan fingerprint density at radius 2 is 1.00 bits per heavy atom. The number of furan rings is 1. The molecule has 9 aromatic rings. The van der Waals surface area contributed by atoms with E-state index >= 15 is 0 Å². The summed E-state index contributed by atoms with van der Waals surface area (Å²) in [6, 6.07) is 27.7. The number of rotatable bonds is 4. The Balaban J connectivity index is 1.31. The zero-order valence-corrected chi connectivity index (χ0v) is 33.7. The van der Waals surface area contributed by atoms with Gasteiger partial charge in [0, 0.05) is 50.2 Å². The fourth-order valence-electron chi connectivity index (χ4n) is 9.00. The highest BCUT2D eigenvalue weighted by Gasteiger charge is 2.24. The molecule has 0 N–H and O–H groups in total. The molecule has 0 atom stereocenters. The number of benzene rings is 6. The second-order valence-corrected chi connectivity index (χ2v) is 15.7. The zero-order chi connectivity index (χ0) is 38.6. The minimum Gasteiger partial charge on any atom is -0.456 e. The van der Waals surface area contributed by atoms with Crippen LogP contribution in [0.2, 0.25) is 0 Å². The van der Waals surface area contributed by atoms with Gasteiger partial charge in [0.05, 0.1) is 0 Å². The van der Waals surface area contributed by atoms with Crippen LogP contribution in [0.1, 0.15) is 0 Å². The normalized spacial score (nSPS) is 11.7. The molecule has 3 aromatic heterocycles. The predicted octanol–water partition coefficient (Wildman–Crippen LogP) is -9.29. The van der Waals surface area contributed by atoms with E-state index in [1.807, 2.05) is 30.3 Å². The van der Waals surface area contributed by atoms with Gasteiger partial charge in [0.1, 0.15) is 97.5 Å². The van der Waals surface area contributed by atoms with Crippen LogP contribution in [0.3, 0.4) is 0 Å². The molecule has 0 unspecified atom stereocenters. The van der Waals surface area contributed by atoms with Crippen molar-refractivity contribution in [1.29, 1.82) is 0 Å². The average Bonchev–Trinajstić information content (AvgIpc) is 3.75. The predicted molar refractivity (Wildman–Crippen MR) is 268 cm³/mol. The van der Waals surface area contributed by atoms with Crippen LogP contribution in [0.5, 0.6) is 0 Å². The monoisotopic (exact) mass is 696 g/mol. The Morgan fingerprint density at radius 3 is 1.62 bits per heavy atom. The first-order chi connectivity index (χ1) is 26.3. The summed E-state index contributed by atoms with van der Waals surface area (Å²) in [5.74, 6) is 1.96. The Bertz CT molecular complexity index is 3030. The number of fused-ring (bicyclic) bond motifs is 6. The van der Waals surface area contributed by atoms with E-state index in [0.717, 1.165) is 44.3 Å². The van der Waals surface area contributed by atoms with Crippen molar-refractivity contribution in [3.8, 4) is 39.9 Å². The van der Waals surface area contributed by atoms with Gasteiger partial charge >= 0.3 is 0 Å². The summed E-state index contributed by atoms with van der Waals surface area (Å²) in [4.78, 5) is 15.6. The smallest absolute Gasteiger partial charge is 0.164 e. The highest BCUT2D eigenvalue weighted by molar-refractivity contribution is 6.69. The Kier molecular flexibility index (Phi) is 8.27. The average molecular weight is 695 g/mol. The van der Waals surface area contributed by atoms with Gasteiger partial charge in [-0.2, -0.15) is 0 Å². The molecule has 0 amide bonds. The van der Waals surface area contributed by atoms with Crippen molar-refractivity contribution in [3.63, 3.8) is 0 Å². The first kappa shape index (κ1) is 35.4. The maximum Gasteiger partial charge on any atom is 0.164 e. The summed E-state index contributed by atoms with van der Waals surface area (Å²) in [6.07, 6.45) is 0. The van der Waals surface area contributed by atoms with Gasteiger partial charge in [-0.3, -0.25) is 0 Å². The molecule has 250 valence electrons. The number of aromatic nitrogens is 4. The number of nitrogens with zero attached hydrogens (tertiary/aromatic N) is 4. The molecule has 0 aliphatic carbocycles. The van der Waals surface area contributed by atoms with Crippen LogP contribution in [0.15, 0.2) is 83.3 Å². The lowest BCUT2D eigenvalue weighted by Gasteiger charge is -2.20. The maximum absolute atomic E-state index is 6.75. The first-order valence-electron chi connectivity index (χ1n) is 19.2. The van der Waals surface area contributed by atoms with Crippen LogP contribution in [0.4, 0.5) is 0 Å². The molecule has 0 bridgehead atoms. The van der Waals surface area contributed by atoms with Crippen molar-refractivity contribution in [3.05, 3.63) is 78.9 Å². The zero-order valence-electron chi connectivity index (χ0n) is 33.7. The van der Waals surface area contributed by atoms with Gasteiger partial charge in [0.2, 0.25) is 0 Å². The highest BCUT2D eigenvalue weighted by atomic mass is 16.3. The second-order valence-electron chi connectivity index (χ2n) is 15.7. The third-order valence-corrected chi connectivity index (χ3v) is 12.6. The Morgan fingerprint density at radius 1 is 0.436 bits per heavy atom. The Labute approximate surface area is 331 Å². The SMILES string of the molecule is Bc1cc(B)c2c(c1B)c1c(B)c(B)cc(B)c1n2-c1ccc2c(c1)oc1cccc(-c3nc(-c4ccccc4)nc(-c4c(B)c(B)c(B)c(B)c4B)n3)c12. The lowest BCUT2D eigenvalue weighted by atomic mass is 9.60. The standard InChI is InChI=1S/C39H35B11N4O/c40-18-12-20(42)35-25(28(18)44)26-29(45)19(41)13-21(43)36(26)54(35)15-9-10-16-23(11-15)55-22-8-4-7-17(24(16)22)38-51-37(14-5-2-1-3-6-14)52-39(53-38)27-30(46)32(48)34(50)33(49)31(27)47/h1-13H,40-50H2. The number of hydrogen-bond donors (Lipinski definition) is 0. The van der Waals surface area contributed by atoms with E-state index in [1.54, 1.807) is 0 Å². The third kappa shape index (κ3) is 5.28. The minimum atomic E-state index is 0.626. The summed E-state index contributed by atoms with van der Waals surface area (Å²) in [5, 5.41) is 4.71. The molecule has 0 fully saturated rings. The van der Waals surface area contributed by atoms with E-state index < -0.39 is 0 Å². The Hall–Kier alpha value is -5.36. The highest BCUT2D eigenvalue weighted by Crippen LogP contribution is 2.38. The molecular weight excluding hydrogens is 659 g/mol. The van der Waals surface area contributed by atoms with E-state index in [1.165, 1.54) is 81.9 Å². The molecule has 5 nitrogen and oxygen atoms in total. The number of hydrogen-bond acceptors (Lipinski definition) is 4. The molecular formula is C39H35B11N4O. The van der Waals surface area contributed by atoms with Gasteiger partial charge in [-0.15, -0.1) is 16.4 Å². The van der Waals surface area contributed by atoms with Crippen molar-refractivity contribution < 1.29 is 4.42 Å². The fourth-order valence-corrected chi connectivity index (χ4v) is 9.00. The topological polar surface area (TPSA) is 56.7 Å². The van der Waals surface area contributed by atoms with Crippen LogP contribution in [0, 0.1) is 0 Å². The molecule has 9 rings (SSSR count). The van der Waals surface area contributed by atoms with E-state index in [0.29, 0.717) is 17.5 Å². The van der Waals surface area contributed by atoms with Gasteiger partial charge in [0.15, 0.2) is 17.5 Å². The van der Waals surface area contributed by atoms with Crippen molar-refractivity contribution >= 4 is 190 Å². The van der Waals surface area contributed by atoms with Crippen LogP contribution in [-0.2, 0) is 0 Å². The van der Waals surface area contributed by atoms with Crippen molar-refractivity contribution in [2.24, 2.45) is 0 Å². The minimum absolute atomic E-state index is 0.626. The first-order valence-corrected chi connectivity index (χ1v) is 19.2. The van der Waals surface area contributed by atoms with Gasteiger partial charge < -0.3 is 8.98 Å². The molecule has 55 heavy (non-hydrogen) atoms. The molecule has 0 saturated heterocycles. The molecule has 16 heteroatoms. The lowest BCUT2D eigenvalue weighted by molar-refractivity contribution is 0.668. The van der Waals surface area contributed by atoms with Gasteiger partial charge in [0.25, 0.3) is 0 Å². The third-order valence-electron chi connectivity index (χ3n) is 12.6. The van der Waals surface area contributed by atoms with Crippen molar-refractivity contribution in [2.75, 3.05) is 0 Å². The fraction of sp³-hybridized carbons (Fsp3) is 0. The summed E-state index contributed by atoms with van der Waals surface area (Å²) in [5.41, 5.74) is 22.2. The molecule has 0 aliphatic rings. The second kappa shape index (κ2) is 12.9. The quantitative estimate of drug-likeness (QED) is 0.172. The largest absolute Gasteiger partial charge is 0.456 e. The van der Waals surface area contributed by atoms with E-state index in [2.05, 4.69) is 139 Å². The molecule has 0 aliphatic heterocycles. The van der Waals surface area contributed by atoms with Crippen LogP contribution in [-0.4, -0.2) is 106 Å². The molecule has 6 aromatic carbocycles. The van der Waals surface area contributed by atoms with Gasteiger partial charge in [-0.05, 0) is 29.0 Å². The van der Waals surface area contributed by atoms with E-state index in [9.17, 15) is 0 Å². The van der Waals surface area contributed by atoms with Crippen molar-refractivity contribution in [1.82, 2.24) is 19.5 Å². The molecule has 0 radical (unpaired) electrons.